The molecular formula is C13H18N4O4. The minimum atomic E-state index is -0.604. The standard InChI is InChI=1S/C13H18N4O4/c1-13(3-5-21-6-4-13)16-12(18)9-7-11(14-2)15-8-10(9)17(19)20/h7-8H,3-6H2,1-2H3,(H,14,15)(H,16,18). The Labute approximate surface area is 122 Å². The SMILES string of the molecule is CNc1cc(C(=O)NC2(C)CCOCC2)c([N+](=O)[O-])cn1. The monoisotopic (exact) mass is 294 g/mol. The minimum absolute atomic E-state index is 0.00654. The fourth-order valence-corrected chi connectivity index (χ4v) is 2.20. The molecule has 1 aromatic rings. The van der Waals surface area contributed by atoms with Gasteiger partial charge in [0.15, 0.2) is 0 Å². The van der Waals surface area contributed by atoms with Crippen molar-refractivity contribution in [3.63, 3.8) is 0 Å². The summed E-state index contributed by atoms with van der Waals surface area (Å²) in [6.45, 7) is 3.05. The van der Waals surface area contributed by atoms with E-state index in [2.05, 4.69) is 15.6 Å². The number of nitrogens with zero attached hydrogens (tertiary/aromatic N) is 2. The highest BCUT2D eigenvalue weighted by Gasteiger charge is 2.31. The number of hydrogen-bond donors (Lipinski definition) is 2. The van der Waals surface area contributed by atoms with Crippen LogP contribution in [0.3, 0.4) is 0 Å². The number of ether oxygens (including phenoxy) is 1. The van der Waals surface area contributed by atoms with Crippen LogP contribution in [0.2, 0.25) is 0 Å². The highest BCUT2D eigenvalue weighted by Crippen LogP contribution is 2.24. The van der Waals surface area contributed by atoms with E-state index >= 15 is 0 Å². The second-order valence-electron chi connectivity index (χ2n) is 5.22. The quantitative estimate of drug-likeness (QED) is 0.641. The molecule has 0 radical (unpaired) electrons. The Bertz CT molecular complexity index is 555. The van der Waals surface area contributed by atoms with Gasteiger partial charge in [0.05, 0.1) is 4.92 Å². The van der Waals surface area contributed by atoms with E-state index in [-0.39, 0.29) is 11.3 Å². The fraction of sp³-hybridized carbons (Fsp3) is 0.538. The lowest BCUT2D eigenvalue weighted by atomic mass is 9.92. The van der Waals surface area contributed by atoms with Gasteiger partial charge in [-0.1, -0.05) is 0 Å². The van der Waals surface area contributed by atoms with Crippen LogP contribution in [0.15, 0.2) is 12.3 Å². The van der Waals surface area contributed by atoms with Gasteiger partial charge in [0.25, 0.3) is 11.6 Å². The highest BCUT2D eigenvalue weighted by molar-refractivity contribution is 5.99. The number of rotatable bonds is 4. The Morgan fingerprint density at radius 3 is 2.71 bits per heavy atom. The molecule has 0 spiro atoms. The molecule has 2 heterocycles. The molecule has 0 unspecified atom stereocenters. The third-order valence-corrected chi connectivity index (χ3v) is 3.59. The molecule has 2 N–H and O–H groups in total. The maximum Gasteiger partial charge on any atom is 0.300 e. The van der Waals surface area contributed by atoms with Crippen LogP contribution < -0.4 is 10.6 Å². The molecule has 0 aliphatic carbocycles. The molecule has 8 heteroatoms. The lowest BCUT2D eigenvalue weighted by molar-refractivity contribution is -0.385. The normalized spacial score (nSPS) is 17.0. The Balaban J connectivity index is 2.26. The summed E-state index contributed by atoms with van der Waals surface area (Å²) in [5.41, 5.74) is -0.707. The molecule has 21 heavy (non-hydrogen) atoms. The van der Waals surface area contributed by atoms with E-state index in [1.807, 2.05) is 6.92 Å². The largest absolute Gasteiger partial charge is 0.381 e. The van der Waals surface area contributed by atoms with Crippen LogP contribution >= 0.6 is 0 Å². The first-order valence-electron chi connectivity index (χ1n) is 6.68. The molecule has 0 saturated carbocycles. The van der Waals surface area contributed by atoms with E-state index in [0.717, 1.165) is 6.20 Å². The van der Waals surface area contributed by atoms with E-state index in [0.29, 0.717) is 31.9 Å². The Morgan fingerprint density at radius 1 is 1.48 bits per heavy atom. The van der Waals surface area contributed by atoms with Gasteiger partial charge in [-0.3, -0.25) is 14.9 Å². The number of nitro groups is 1. The summed E-state index contributed by atoms with van der Waals surface area (Å²) >= 11 is 0. The van der Waals surface area contributed by atoms with E-state index in [9.17, 15) is 14.9 Å². The van der Waals surface area contributed by atoms with Gasteiger partial charge in [-0.05, 0) is 19.8 Å². The van der Waals surface area contributed by atoms with Crippen molar-refractivity contribution in [2.24, 2.45) is 0 Å². The number of carbonyl (C=O) groups is 1. The van der Waals surface area contributed by atoms with Crippen LogP contribution in [0.1, 0.15) is 30.1 Å². The number of amides is 1. The average Bonchev–Trinajstić information content (AvgIpc) is 2.46. The van der Waals surface area contributed by atoms with Crippen molar-refractivity contribution >= 4 is 17.4 Å². The van der Waals surface area contributed by atoms with E-state index < -0.39 is 16.4 Å². The zero-order chi connectivity index (χ0) is 15.5. The van der Waals surface area contributed by atoms with Crippen molar-refractivity contribution in [1.82, 2.24) is 10.3 Å². The van der Waals surface area contributed by atoms with Crippen molar-refractivity contribution < 1.29 is 14.5 Å². The molecule has 1 fully saturated rings. The molecule has 1 aromatic heterocycles. The molecule has 2 rings (SSSR count). The third-order valence-electron chi connectivity index (χ3n) is 3.59. The Kier molecular flexibility index (Phi) is 4.37. The van der Waals surface area contributed by atoms with Gasteiger partial charge in [-0.25, -0.2) is 4.98 Å². The zero-order valence-electron chi connectivity index (χ0n) is 12.0. The summed E-state index contributed by atoms with van der Waals surface area (Å²) < 4.78 is 5.27. The number of aromatic nitrogens is 1. The Hall–Kier alpha value is -2.22. The summed E-state index contributed by atoms with van der Waals surface area (Å²) in [6, 6.07) is 1.39. The lowest BCUT2D eigenvalue weighted by Gasteiger charge is -2.34. The number of anilines is 1. The zero-order valence-corrected chi connectivity index (χ0v) is 12.0. The smallest absolute Gasteiger partial charge is 0.300 e. The average molecular weight is 294 g/mol. The van der Waals surface area contributed by atoms with Crippen LogP contribution in [0, 0.1) is 10.1 Å². The molecule has 1 aliphatic heterocycles. The fourth-order valence-electron chi connectivity index (χ4n) is 2.20. The molecule has 0 bridgehead atoms. The summed E-state index contributed by atoms with van der Waals surface area (Å²) in [6.07, 6.45) is 2.44. The van der Waals surface area contributed by atoms with Crippen LogP contribution in [0.25, 0.3) is 0 Å². The predicted octanol–water partition coefficient (Wildman–Crippen LogP) is 1.33. The molecule has 1 saturated heterocycles. The van der Waals surface area contributed by atoms with Gasteiger partial charge >= 0.3 is 0 Å². The molecule has 1 amide bonds. The molecular weight excluding hydrogens is 276 g/mol. The predicted molar refractivity (Wildman–Crippen MR) is 76.4 cm³/mol. The summed E-state index contributed by atoms with van der Waals surface area (Å²) in [5.74, 6) is -0.0621. The minimum Gasteiger partial charge on any atom is -0.381 e. The second-order valence-corrected chi connectivity index (χ2v) is 5.22. The van der Waals surface area contributed by atoms with Gasteiger partial charge in [0, 0.05) is 31.9 Å². The first-order chi connectivity index (χ1) is 9.95. The molecule has 0 atom stereocenters. The van der Waals surface area contributed by atoms with E-state index in [1.54, 1.807) is 7.05 Å². The van der Waals surface area contributed by atoms with Gasteiger partial charge in [0.2, 0.25) is 0 Å². The van der Waals surface area contributed by atoms with Gasteiger partial charge in [-0.15, -0.1) is 0 Å². The van der Waals surface area contributed by atoms with Crippen LogP contribution in [-0.4, -0.2) is 41.6 Å². The number of pyridine rings is 1. The first kappa shape index (κ1) is 15.2. The molecule has 114 valence electrons. The lowest BCUT2D eigenvalue weighted by Crippen LogP contribution is -2.49. The Morgan fingerprint density at radius 2 is 2.14 bits per heavy atom. The highest BCUT2D eigenvalue weighted by atomic mass is 16.6. The summed E-state index contributed by atoms with van der Waals surface area (Å²) in [4.78, 5) is 26.7. The first-order valence-corrected chi connectivity index (χ1v) is 6.68. The van der Waals surface area contributed by atoms with Crippen LogP contribution in [0.4, 0.5) is 11.5 Å². The second kappa shape index (κ2) is 6.04. The topological polar surface area (TPSA) is 106 Å². The van der Waals surface area contributed by atoms with Gasteiger partial charge in [0.1, 0.15) is 17.6 Å². The number of carbonyl (C=O) groups excluding carboxylic acids is 1. The molecule has 0 aromatic carbocycles. The van der Waals surface area contributed by atoms with Crippen molar-refractivity contribution in [3.05, 3.63) is 27.9 Å². The van der Waals surface area contributed by atoms with Crippen LogP contribution in [0.5, 0.6) is 0 Å². The maximum absolute atomic E-state index is 12.4. The maximum atomic E-state index is 12.4. The van der Waals surface area contributed by atoms with Gasteiger partial charge in [-0.2, -0.15) is 0 Å². The van der Waals surface area contributed by atoms with E-state index in [4.69, 9.17) is 4.74 Å². The third kappa shape index (κ3) is 3.46. The summed E-state index contributed by atoms with van der Waals surface area (Å²) in [5, 5.41) is 16.7. The van der Waals surface area contributed by atoms with Crippen molar-refractivity contribution in [1.29, 1.82) is 0 Å². The van der Waals surface area contributed by atoms with E-state index in [1.165, 1.54) is 6.07 Å². The van der Waals surface area contributed by atoms with Crippen molar-refractivity contribution in [2.75, 3.05) is 25.6 Å². The van der Waals surface area contributed by atoms with Crippen molar-refractivity contribution in [3.8, 4) is 0 Å². The molecule has 8 nitrogen and oxygen atoms in total. The number of nitrogens with one attached hydrogen (secondary N) is 2. The summed E-state index contributed by atoms with van der Waals surface area (Å²) in [7, 11) is 1.63. The molecule has 1 aliphatic rings. The van der Waals surface area contributed by atoms with Crippen molar-refractivity contribution in [2.45, 2.75) is 25.3 Å². The number of hydrogen-bond acceptors (Lipinski definition) is 6. The van der Waals surface area contributed by atoms with Crippen LogP contribution in [-0.2, 0) is 4.74 Å². The van der Waals surface area contributed by atoms with Gasteiger partial charge < -0.3 is 15.4 Å².